The van der Waals surface area contributed by atoms with E-state index in [1.807, 2.05) is 6.92 Å². The van der Waals surface area contributed by atoms with E-state index >= 15 is 0 Å². The van der Waals surface area contributed by atoms with Crippen LogP contribution in [-0.4, -0.2) is 22.3 Å². The third kappa shape index (κ3) is 4.99. The number of halogens is 3. The van der Waals surface area contributed by atoms with Crippen molar-refractivity contribution in [3.8, 4) is 0 Å². The molecule has 1 unspecified atom stereocenters. The number of rotatable bonds is 6. The quantitative estimate of drug-likeness (QED) is 0.860. The van der Waals surface area contributed by atoms with Crippen molar-refractivity contribution in [1.29, 1.82) is 0 Å². The Morgan fingerprint density at radius 1 is 1.41 bits per heavy atom. The molecule has 0 spiro atoms. The number of aryl methyl sites for hydroxylation is 1. The predicted molar refractivity (Wildman–Crippen MR) is 61.0 cm³/mol. The van der Waals surface area contributed by atoms with Gasteiger partial charge in [-0.2, -0.15) is 13.2 Å². The highest BCUT2D eigenvalue weighted by Crippen LogP contribution is 2.29. The average molecular weight is 267 g/mol. The molecule has 1 atom stereocenters. The molecule has 1 aromatic rings. The molecule has 0 fully saturated rings. The third-order valence-corrected chi connectivity index (χ3v) is 3.30. The Labute approximate surface area is 103 Å². The van der Waals surface area contributed by atoms with Crippen LogP contribution in [-0.2, 0) is 0 Å². The lowest BCUT2D eigenvalue weighted by Gasteiger charge is -2.18. The van der Waals surface area contributed by atoms with Crippen LogP contribution >= 0.6 is 11.5 Å². The van der Waals surface area contributed by atoms with Gasteiger partial charge in [-0.15, -0.1) is 5.10 Å². The van der Waals surface area contributed by atoms with Gasteiger partial charge in [-0.3, -0.25) is 0 Å². The molecule has 0 bridgehead atoms. The summed E-state index contributed by atoms with van der Waals surface area (Å²) >= 11 is 1.17. The normalized spacial score (nSPS) is 13.9. The van der Waals surface area contributed by atoms with Crippen LogP contribution in [0.15, 0.2) is 0 Å². The SMILES string of the molecule is CCCNC(CCC(F)(F)F)c1snnc1C. The van der Waals surface area contributed by atoms with Gasteiger partial charge in [-0.05, 0) is 37.8 Å². The van der Waals surface area contributed by atoms with Crippen molar-refractivity contribution in [2.45, 2.75) is 45.3 Å². The molecule has 0 saturated carbocycles. The number of nitrogens with one attached hydrogen (secondary N) is 1. The van der Waals surface area contributed by atoms with Gasteiger partial charge in [0.1, 0.15) is 0 Å². The van der Waals surface area contributed by atoms with E-state index in [-0.39, 0.29) is 12.5 Å². The summed E-state index contributed by atoms with van der Waals surface area (Å²) in [4.78, 5) is 0.808. The number of alkyl halides is 3. The number of hydrogen-bond donors (Lipinski definition) is 1. The van der Waals surface area contributed by atoms with Gasteiger partial charge in [0.15, 0.2) is 0 Å². The van der Waals surface area contributed by atoms with E-state index in [0.29, 0.717) is 12.2 Å². The minimum atomic E-state index is -4.11. The Morgan fingerprint density at radius 2 is 2.12 bits per heavy atom. The van der Waals surface area contributed by atoms with E-state index in [9.17, 15) is 13.2 Å². The van der Waals surface area contributed by atoms with E-state index in [1.165, 1.54) is 11.5 Å². The molecule has 17 heavy (non-hydrogen) atoms. The minimum absolute atomic E-state index is 0.0359. The van der Waals surface area contributed by atoms with Crippen LogP contribution < -0.4 is 5.32 Å². The van der Waals surface area contributed by atoms with Gasteiger partial charge in [0.05, 0.1) is 10.6 Å². The molecule has 1 N–H and O–H groups in total. The summed E-state index contributed by atoms with van der Waals surface area (Å²) in [6.07, 6.45) is -3.98. The van der Waals surface area contributed by atoms with E-state index in [1.54, 1.807) is 6.92 Å². The van der Waals surface area contributed by atoms with Gasteiger partial charge >= 0.3 is 6.18 Å². The van der Waals surface area contributed by atoms with Crippen LogP contribution in [0.25, 0.3) is 0 Å². The summed E-state index contributed by atoms with van der Waals surface area (Å²) < 4.78 is 40.4. The molecule has 98 valence electrons. The highest BCUT2D eigenvalue weighted by molar-refractivity contribution is 7.05. The van der Waals surface area contributed by atoms with Crippen molar-refractivity contribution in [3.05, 3.63) is 10.6 Å². The number of aromatic nitrogens is 2. The lowest BCUT2D eigenvalue weighted by Crippen LogP contribution is -2.24. The molecule has 7 heteroatoms. The summed E-state index contributed by atoms with van der Waals surface area (Å²) in [6.45, 7) is 4.44. The second-order valence-corrected chi connectivity index (χ2v) is 4.67. The van der Waals surface area contributed by atoms with Crippen LogP contribution in [0.5, 0.6) is 0 Å². The first kappa shape index (κ1) is 14.4. The standard InChI is InChI=1S/C10H16F3N3S/c1-3-6-14-8(4-5-10(11,12)13)9-7(2)15-16-17-9/h8,14H,3-6H2,1-2H3. The maximum atomic E-state index is 12.2. The maximum Gasteiger partial charge on any atom is 0.389 e. The first-order valence-corrected chi connectivity index (χ1v) is 6.30. The lowest BCUT2D eigenvalue weighted by atomic mass is 10.1. The molecule has 1 heterocycles. The summed E-state index contributed by atoms with van der Waals surface area (Å²) in [7, 11) is 0. The molecule has 0 amide bonds. The van der Waals surface area contributed by atoms with Crippen LogP contribution in [0, 0.1) is 6.92 Å². The first-order chi connectivity index (χ1) is 7.94. The van der Waals surface area contributed by atoms with Gasteiger partial charge < -0.3 is 5.32 Å². The fraction of sp³-hybridized carbons (Fsp3) is 0.800. The van der Waals surface area contributed by atoms with E-state index < -0.39 is 12.6 Å². The van der Waals surface area contributed by atoms with E-state index in [0.717, 1.165) is 11.3 Å². The zero-order valence-corrected chi connectivity index (χ0v) is 10.7. The van der Waals surface area contributed by atoms with Crippen molar-refractivity contribution in [2.24, 2.45) is 0 Å². The predicted octanol–water partition coefficient (Wildman–Crippen LogP) is 3.23. The fourth-order valence-electron chi connectivity index (χ4n) is 1.51. The molecule has 0 saturated heterocycles. The highest BCUT2D eigenvalue weighted by Gasteiger charge is 2.29. The van der Waals surface area contributed by atoms with Gasteiger partial charge in [0, 0.05) is 12.5 Å². The minimum Gasteiger partial charge on any atom is -0.309 e. The second kappa shape index (κ2) is 6.30. The molecule has 0 aromatic carbocycles. The second-order valence-electron chi connectivity index (χ2n) is 3.88. The van der Waals surface area contributed by atoms with Crippen LogP contribution in [0.1, 0.15) is 42.8 Å². The molecular weight excluding hydrogens is 251 g/mol. The monoisotopic (exact) mass is 267 g/mol. The van der Waals surface area contributed by atoms with Crippen molar-refractivity contribution >= 4 is 11.5 Å². The van der Waals surface area contributed by atoms with Crippen molar-refractivity contribution < 1.29 is 13.2 Å². The molecule has 0 aliphatic rings. The Balaban J connectivity index is 2.64. The zero-order chi connectivity index (χ0) is 12.9. The largest absolute Gasteiger partial charge is 0.389 e. The van der Waals surface area contributed by atoms with Crippen molar-refractivity contribution in [2.75, 3.05) is 6.54 Å². The zero-order valence-electron chi connectivity index (χ0n) is 9.84. The number of hydrogen-bond acceptors (Lipinski definition) is 4. The lowest BCUT2D eigenvalue weighted by molar-refractivity contribution is -0.136. The molecule has 3 nitrogen and oxygen atoms in total. The van der Waals surface area contributed by atoms with Crippen LogP contribution in [0.3, 0.4) is 0 Å². The summed E-state index contributed by atoms with van der Waals surface area (Å²) in [5.74, 6) is 0. The summed E-state index contributed by atoms with van der Waals surface area (Å²) in [5, 5.41) is 6.95. The molecule has 1 aromatic heterocycles. The summed E-state index contributed by atoms with van der Waals surface area (Å²) in [5.41, 5.74) is 0.714. The average Bonchev–Trinajstić information content (AvgIpc) is 2.63. The number of nitrogens with zero attached hydrogens (tertiary/aromatic N) is 2. The Bertz CT molecular complexity index is 338. The molecular formula is C10H16F3N3S. The van der Waals surface area contributed by atoms with Crippen LogP contribution in [0.2, 0.25) is 0 Å². The van der Waals surface area contributed by atoms with Crippen molar-refractivity contribution in [3.63, 3.8) is 0 Å². The Kier molecular flexibility index (Phi) is 5.32. The van der Waals surface area contributed by atoms with E-state index in [4.69, 9.17) is 0 Å². The third-order valence-electron chi connectivity index (χ3n) is 2.36. The molecule has 0 aliphatic heterocycles. The smallest absolute Gasteiger partial charge is 0.309 e. The fourth-order valence-corrected chi connectivity index (χ4v) is 2.26. The van der Waals surface area contributed by atoms with E-state index in [2.05, 4.69) is 14.9 Å². The van der Waals surface area contributed by atoms with Crippen LogP contribution in [0.4, 0.5) is 13.2 Å². The summed E-state index contributed by atoms with van der Waals surface area (Å²) in [6, 6.07) is -0.295. The highest BCUT2D eigenvalue weighted by atomic mass is 32.1. The molecule has 0 aliphatic carbocycles. The van der Waals surface area contributed by atoms with Gasteiger partial charge in [0.2, 0.25) is 0 Å². The topological polar surface area (TPSA) is 37.8 Å². The van der Waals surface area contributed by atoms with Crippen molar-refractivity contribution in [1.82, 2.24) is 14.9 Å². The first-order valence-electron chi connectivity index (χ1n) is 5.53. The Hall–Kier alpha value is -0.690. The molecule has 1 rings (SSSR count). The molecule has 0 radical (unpaired) electrons. The van der Waals surface area contributed by atoms with Gasteiger partial charge in [-0.1, -0.05) is 11.4 Å². The van der Waals surface area contributed by atoms with Gasteiger partial charge in [-0.25, -0.2) is 0 Å². The Morgan fingerprint density at radius 3 is 2.59 bits per heavy atom. The van der Waals surface area contributed by atoms with Gasteiger partial charge in [0.25, 0.3) is 0 Å². The maximum absolute atomic E-state index is 12.2.